The van der Waals surface area contributed by atoms with Gasteiger partial charge < -0.3 is 11.1 Å². The Hall–Kier alpha value is -2.56. The van der Waals surface area contributed by atoms with Crippen molar-refractivity contribution < 1.29 is 0 Å². The van der Waals surface area contributed by atoms with Crippen molar-refractivity contribution in [2.45, 2.75) is 26.7 Å². The molecular weight excluding hydrogens is 274 g/mol. The molecule has 0 aliphatic rings. The van der Waals surface area contributed by atoms with Gasteiger partial charge in [0.15, 0.2) is 0 Å². The molecule has 3 N–H and O–H groups in total. The third kappa shape index (κ3) is 2.74. The topological polar surface area (TPSA) is 68.8 Å². The van der Waals surface area contributed by atoms with Crippen LogP contribution in [0.5, 0.6) is 0 Å². The number of rotatable bonds is 5. The van der Waals surface area contributed by atoms with E-state index < -0.39 is 0 Å². The number of hydrogen-bond donors (Lipinski definition) is 2. The van der Waals surface area contributed by atoms with Gasteiger partial charge in [-0.1, -0.05) is 19.4 Å². The summed E-state index contributed by atoms with van der Waals surface area (Å²) in [5, 5.41) is 8.86. The molecule has 0 aliphatic heterocycles. The zero-order valence-electron chi connectivity index (χ0n) is 13.0. The number of pyridine rings is 1. The average molecular weight is 295 g/mol. The van der Waals surface area contributed by atoms with E-state index in [0.29, 0.717) is 5.82 Å². The lowest BCUT2D eigenvalue weighted by atomic mass is 10.2. The molecule has 1 aromatic carbocycles. The quantitative estimate of drug-likeness (QED) is 0.707. The zero-order chi connectivity index (χ0) is 15.5. The fourth-order valence-corrected chi connectivity index (χ4v) is 2.53. The van der Waals surface area contributed by atoms with Crippen molar-refractivity contribution in [3.8, 4) is 5.69 Å². The van der Waals surface area contributed by atoms with Gasteiger partial charge in [0.2, 0.25) is 0 Å². The minimum atomic E-state index is 0.634. The van der Waals surface area contributed by atoms with Crippen LogP contribution in [0, 0.1) is 6.92 Å². The van der Waals surface area contributed by atoms with Gasteiger partial charge in [0, 0.05) is 18.0 Å². The summed E-state index contributed by atoms with van der Waals surface area (Å²) in [5.41, 5.74) is 8.84. The van der Waals surface area contributed by atoms with Crippen LogP contribution in [0.25, 0.3) is 16.6 Å². The summed E-state index contributed by atoms with van der Waals surface area (Å²) >= 11 is 0. The van der Waals surface area contributed by atoms with E-state index in [-0.39, 0.29) is 0 Å². The summed E-state index contributed by atoms with van der Waals surface area (Å²) in [6.07, 6.45) is 2.31. The van der Waals surface area contributed by atoms with Gasteiger partial charge >= 0.3 is 0 Å². The number of anilines is 2. The summed E-state index contributed by atoms with van der Waals surface area (Å²) in [6.45, 7) is 5.06. The average Bonchev–Trinajstić information content (AvgIpc) is 2.85. The van der Waals surface area contributed by atoms with Crippen LogP contribution in [0.2, 0.25) is 0 Å². The maximum Gasteiger partial charge on any atom is 0.127 e. The first kappa shape index (κ1) is 14.4. The molecule has 5 heteroatoms. The highest BCUT2D eigenvalue weighted by atomic mass is 15.3. The van der Waals surface area contributed by atoms with Crippen LogP contribution < -0.4 is 11.1 Å². The first-order valence-electron chi connectivity index (χ1n) is 7.65. The van der Waals surface area contributed by atoms with Crippen LogP contribution in [0.1, 0.15) is 25.5 Å². The van der Waals surface area contributed by atoms with Gasteiger partial charge in [-0.3, -0.25) is 0 Å². The van der Waals surface area contributed by atoms with E-state index in [1.54, 1.807) is 4.68 Å². The Kier molecular flexibility index (Phi) is 3.96. The molecule has 0 fully saturated rings. The van der Waals surface area contributed by atoms with Gasteiger partial charge in [0.25, 0.3) is 0 Å². The molecule has 0 saturated heterocycles. The summed E-state index contributed by atoms with van der Waals surface area (Å²) in [4.78, 5) is 4.68. The fourth-order valence-electron chi connectivity index (χ4n) is 2.53. The monoisotopic (exact) mass is 295 g/mol. The molecule has 3 aromatic rings. The Morgan fingerprint density at radius 3 is 2.82 bits per heavy atom. The van der Waals surface area contributed by atoms with Crippen molar-refractivity contribution in [2.75, 3.05) is 17.6 Å². The van der Waals surface area contributed by atoms with Crippen molar-refractivity contribution in [2.24, 2.45) is 0 Å². The molecule has 0 amide bonds. The number of nitrogens with two attached hydrogens (primary N) is 1. The van der Waals surface area contributed by atoms with E-state index in [0.717, 1.165) is 41.1 Å². The predicted octanol–water partition coefficient (Wildman–Crippen LogP) is 3.52. The summed E-state index contributed by atoms with van der Waals surface area (Å²) in [7, 11) is 0. The van der Waals surface area contributed by atoms with Crippen LogP contribution in [0.3, 0.4) is 0 Å². The molecule has 0 atom stereocenters. The van der Waals surface area contributed by atoms with Crippen LogP contribution in [-0.2, 0) is 0 Å². The van der Waals surface area contributed by atoms with Crippen LogP contribution >= 0.6 is 0 Å². The van der Waals surface area contributed by atoms with E-state index >= 15 is 0 Å². The molecule has 0 radical (unpaired) electrons. The first-order chi connectivity index (χ1) is 10.7. The summed E-state index contributed by atoms with van der Waals surface area (Å²) in [5.74, 6) is 1.54. The Bertz CT molecular complexity index is 791. The maximum absolute atomic E-state index is 6.04. The number of nitrogens with zero attached hydrogens (tertiary/aromatic N) is 3. The highest BCUT2D eigenvalue weighted by Gasteiger charge is 2.09. The van der Waals surface area contributed by atoms with E-state index in [1.165, 1.54) is 6.42 Å². The number of hydrogen-bond acceptors (Lipinski definition) is 4. The van der Waals surface area contributed by atoms with E-state index in [1.807, 2.05) is 37.3 Å². The van der Waals surface area contributed by atoms with Gasteiger partial charge in [-0.2, -0.15) is 5.10 Å². The van der Waals surface area contributed by atoms with Gasteiger partial charge in [0.05, 0.1) is 16.9 Å². The standard InChI is InChI=1S/C17H21N5/c1-3-4-10-19-17-9-8-13-14(20-17)6-5-7-15(13)22-16(18)11-12(2)21-22/h5-9,11H,3-4,10,18H2,1-2H3,(H,19,20). The minimum absolute atomic E-state index is 0.634. The van der Waals surface area contributed by atoms with Gasteiger partial charge in [-0.05, 0) is 37.6 Å². The maximum atomic E-state index is 6.04. The molecule has 114 valence electrons. The smallest absolute Gasteiger partial charge is 0.127 e. The number of aryl methyl sites for hydroxylation is 1. The SMILES string of the molecule is CCCCNc1ccc2c(-n3nc(C)cc3N)cccc2n1. The molecule has 0 unspecified atom stereocenters. The largest absolute Gasteiger partial charge is 0.384 e. The van der Waals surface area contributed by atoms with Crippen molar-refractivity contribution in [1.82, 2.24) is 14.8 Å². The van der Waals surface area contributed by atoms with E-state index in [2.05, 4.69) is 28.4 Å². The Morgan fingerprint density at radius 1 is 1.23 bits per heavy atom. The fraction of sp³-hybridized carbons (Fsp3) is 0.294. The highest BCUT2D eigenvalue weighted by Crippen LogP contribution is 2.24. The Morgan fingerprint density at radius 2 is 2.09 bits per heavy atom. The first-order valence-corrected chi connectivity index (χ1v) is 7.65. The van der Waals surface area contributed by atoms with Crippen LogP contribution in [-0.4, -0.2) is 21.3 Å². The molecule has 0 aliphatic carbocycles. The number of unbranched alkanes of at least 4 members (excludes halogenated alkanes) is 1. The zero-order valence-corrected chi connectivity index (χ0v) is 13.0. The number of nitrogens with one attached hydrogen (secondary N) is 1. The predicted molar refractivity (Wildman–Crippen MR) is 91.4 cm³/mol. The van der Waals surface area contributed by atoms with Gasteiger partial charge in [0.1, 0.15) is 11.6 Å². The summed E-state index contributed by atoms with van der Waals surface area (Å²) in [6, 6.07) is 12.0. The lowest BCUT2D eigenvalue weighted by molar-refractivity contribution is 0.831. The molecule has 3 rings (SSSR count). The van der Waals surface area contributed by atoms with E-state index in [4.69, 9.17) is 5.73 Å². The second kappa shape index (κ2) is 6.05. The number of benzene rings is 1. The second-order valence-corrected chi connectivity index (χ2v) is 5.44. The van der Waals surface area contributed by atoms with Crippen LogP contribution in [0.4, 0.5) is 11.6 Å². The second-order valence-electron chi connectivity index (χ2n) is 5.44. The molecule has 2 heterocycles. The van der Waals surface area contributed by atoms with Crippen LogP contribution in [0.15, 0.2) is 36.4 Å². The molecule has 0 saturated carbocycles. The normalized spacial score (nSPS) is 11.0. The Labute approximate surface area is 130 Å². The highest BCUT2D eigenvalue weighted by molar-refractivity contribution is 5.88. The lowest BCUT2D eigenvalue weighted by Crippen LogP contribution is -2.05. The van der Waals surface area contributed by atoms with Gasteiger partial charge in [-0.15, -0.1) is 0 Å². The number of nitrogen functional groups attached to an aromatic ring is 1. The number of fused-ring (bicyclic) bond motifs is 1. The molecule has 22 heavy (non-hydrogen) atoms. The van der Waals surface area contributed by atoms with E-state index in [9.17, 15) is 0 Å². The Balaban J connectivity index is 2.01. The molecule has 2 aromatic heterocycles. The van der Waals surface area contributed by atoms with Crippen molar-refractivity contribution in [3.63, 3.8) is 0 Å². The van der Waals surface area contributed by atoms with Gasteiger partial charge in [-0.25, -0.2) is 9.67 Å². The third-order valence-corrected chi connectivity index (χ3v) is 3.63. The minimum Gasteiger partial charge on any atom is -0.384 e. The molecular formula is C17H21N5. The third-order valence-electron chi connectivity index (χ3n) is 3.63. The lowest BCUT2D eigenvalue weighted by Gasteiger charge is -2.10. The summed E-state index contributed by atoms with van der Waals surface area (Å²) < 4.78 is 1.77. The van der Waals surface area contributed by atoms with Crippen molar-refractivity contribution in [1.29, 1.82) is 0 Å². The molecule has 0 bridgehead atoms. The van der Waals surface area contributed by atoms with Crippen molar-refractivity contribution >= 4 is 22.5 Å². The molecule has 5 nitrogen and oxygen atoms in total. The molecule has 0 spiro atoms. The number of aromatic nitrogens is 3. The van der Waals surface area contributed by atoms with Crippen molar-refractivity contribution in [3.05, 3.63) is 42.1 Å².